The molecular formula is C14H25ClN2O. The fraction of sp³-hybridized carbons (Fsp3) is 0.786. The van der Waals surface area contributed by atoms with E-state index in [1.54, 1.807) is 4.68 Å². The van der Waals surface area contributed by atoms with Gasteiger partial charge in [-0.2, -0.15) is 5.10 Å². The predicted molar refractivity (Wildman–Crippen MR) is 76.0 cm³/mol. The third kappa shape index (κ3) is 3.48. The van der Waals surface area contributed by atoms with Crippen molar-refractivity contribution in [3.8, 4) is 0 Å². The molecule has 0 saturated carbocycles. The van der Waals surface area contributed by atoms with Crippen LogP contribution in [0.2, 0.25) is 5.15 Å². The third-order valence-corrected chi connectivity index (χ3v) is 3.78. The van der Waals surface area contributed by atoms with Crippen LogP contribution in [0.25, 0.3) is 0 Å². The lowest BCUT2D eigenvalue weighted by Gasteiger charge is -2.17. The summed E-state index contributed by atoms with van der Waals surface area (Å²) in [6.07, 6.45) is 2.52. The summed E-state index contributed by atoms with van der Waals surface area (Å²) in [5, 5.41) is 15.4. The Morgan fingerprint density at radius 2 is 1.94 bits per heavy atom. The highest BCUT2D eigenvalue weighted by Gasteiger charge is 2.24. The first-order chi connectivity index (χ1) is 8.38. The smallest absolute Gasteiger partial charge is 0.132 e. The zero-order valence-electron chi connectivity index (χ0n) is 12.1. The quantitative estimate of drug-likeness (QED) is 0.848. The second kappa shape index (κ2) is 6.58. The zero-order chi connectivity index (χ0) is 13.9. The van der Waals surface area contributed by atoms with Gasteiger partial charge in [0.25, 0.3) is 0 Å². The minimum atomic E-state index is -0.509. The van der Waals surface area contributed by atoms with E-state index in [2.05, 4.69) is 32.8 Å². The lowest BCUT2D eigenvalue weighted by molar-refractivity contribution is 0.144. The number of nitrogens with zero attached hydrogens (tertiary/aromatic N) is 2. The molecule has 1 N–H and O–H groups in total. The van der Waals surface area contributed by atoms with Gasteiger partial charge in [-0.25, -0.2) is 0 Å². The Bertz CT molecular complexity index is 387. The molecule has 0 aliphatic rings. The van der Waals surface area contributed by atoms with Gasteiger partial charge in [0.1, 0.15) is 5.15 Å². The SMILES string of the molecule is CCCC(C)CC(O)c1c(C(C)C)nn(C)c1Cl. The van der Waals surface area contributed by atoms with Gasteiger partial charge in [-0.1, -0.05) is 52.1 Å². The van der Waals surface area contributed by atoms with Crippen LogP contribution in [-0.2, 0) is 7.05 Å². The van der Waals surface area contributed by atoms with Gasteiger partial charge in [0.15, 0.2) is 0 Å². The summed E-state index contributed by atoms with van der Waals surface area (Å²) < 4.78 is 1.65. The molecule has 104 valence electrons. The number of aromatic nitrogens is 2. The molecule has 0 spiro atoms. The van der Waals surface area contributed by atoms with Gasteiger partial charge in [0.05, 0.1) is 11.8 Å². The van der Waals surface area contributed by atoms with Gasteiger partial charge in [0, 0.05) is 12.6 Å². The molecule has 0 aliphatic heterocycles. The number of aryl methyl sites for hydroxylation is 1. The van der Waals surface area contributed by atoms with Crippen LogP contribution in [0.15, 0.2) is 0 Å². The first-order valence-electron chi connectivity index (χ1n) is 6.78. The number of halogens is 1. The van der Waals surface area contributed by atoms with Crippen LogP contribution in [0.1, 0.15) is 70.2 Å². The van der Waals surface area contributed by atoms with Crippen molar-refractivity contribution in [2.24, 2.45) is 13.0 Å². The molecule has 0 amide bonds. The molecule has 4 heteroatoms. The molecule has 1 aromatic heterocycles. The Labute approximate surface area is 115 Å². The predicted octanol–water partition coefficient (Wildman–Crippen LogP) is 4.06. The maximum absolute atomic E-state index is 10.4. The number of rotatable bonds is 6. The molecule has 18 heavy (non-hydrogen) atoms. The summed E-state index contributed by atoms with van der Waals surface area (Å²) in [7, 11) is 1.82. The minimum absolute atomic E-state index is 0.273. The Morgan fingerprint density at radius 3 is 2.44 bits per heavy atom. The number of aliphatic hydroxyl groups is 1. The van der Waals surface area contributed by atoms with Crippen molar-refractivity contribution in [1.29, 1.82) is 0 Å². The maximum atomic E-state index is 10.4. The van der Waals surface area contributed by atoms with Crippen molar-refractivity contribution in [2.45, 2.75) is 59.0 Å². The molecule has 0 saturated heterocycles. The van der Waals surface area contributed by atoms with E-state index >= 15 is 0 Å². The van der Waals surface area contributed by atoms with Gasteiger partial charge < -0.3 is 5.11 Å². The van der Waals surface area contributed by atoms with Gasteiger partial charge in [-0.05, 0) is 18.3 Å². The monoisotopic (exact) mass is 272 g/mol. The van der Waals surface area contributed by atoms with Gasteiger partial charge >= 0.3 is 0 Å². The number of hydrogen-bond acceptors (Lipinski definition) is 2. The van der Waals surface area contributed by atoms with Crippen molar-refractivity contribution < 1.29 is 5.11 Å². The lowest BCUT2D eigenvalue weighted by Crippen LogP contribution is -2.07. The Morgan fingerprint density at radius 1 is 1.33 bits per heavy atom. The average Bonchev–Trinajstić information content (AvgIpc) is 2.56. The molecule has 3 nitrogen and oxygen atoms in total. The van der Waals surface area contributed by atoms with Crippen LogP contribution >= 0.6 is 11.6 Å². The lowest BCUT2D eigenvalue weighted by atomic mass is 9.93. The van der Waals surface area contributed by atoms with Crippen molar-refractivity contribution >= 4 is 11.6 Å². The van der Waals surface area contributed by atoms with E-state index in [-0.39, 0.29) is 5.92 Å². The summed E-state index contributed by atoms with van der Waals surface area (Å²) in [4.78, 5) is 0. The summed E-state index contributed by atoms with van der Waals surface area (Å²) >= 11 is 6.25. The summed E-state index contributed by atoms with van der Waals surface area (Å²) in [5.41, 5.74) is 1.73. The Kier molecular flexibility index (Phi) is 5.67. The zero-order valence-corrected chi connectivity index (χ0v) is 12.8. The van der Waals surface area contributed by atoms with E-state index < -0.39 is 6.10 Å². The first kappa shape index (κ1) is 15.5. The molecule has 0 bridgehead atoms. The highest BCUT2D eigenvalue weighted by atomic mass is 35.5. The second-order valence-corrected chi connectivity index (χ2v) is 5.87. The summed E-state index contributed by atoms with van der Waals surface area (Å²) in [6.45, 7) is 8.49. The van der Waals surface area contributed by atoms with E-state index in [1.807, 2.05) is 7.05 Å². The molecule has 0 radical (unpaired) electrons. The number of aliphatic hydroxyl groups excluding tert-OH is 1. The molecular weight excluding hydrogens is 248 g/mol. The van der Waals surface area contributed by atoms with E-state index in [0.29, 0.717) is 11.1 Å². The van der Waals surface area contributed by atoms with Crippen LogP contribution < -0.4 is 0 Å². The molecule has 1 rings (SSSR count). The van der Waals surface area contributed by atoms with Crippen molar-refractivity contribution in [1.82, 2.24) is 9.78 Å². The fourth-order valence-electron chi connectivity index (χ4n) is 2.38. The van der Waals surface area contributed by atoms with Gasteiger partial charge in [-0.15, -0.1) is 0 Å². The standard InChI is InChI=1S/C14H25ClN2O/c1-6-7-10(4)8-11(18)12-13(9(2)3)16-17(5)14(12)15/h9-11,18H,6-8H2,1-5H3. The topological polar surface area (TPSA) is 38.1 Å². The highest BCUT2D eigenvalue weighted by Crippen LogP contribution is 2.34. The van der Waals surface area contributed by atoms with Crippen molar-refractivity contribution in [2.75, 3.05) is 0 Å². The Balaban J connectivity index is 2.93. The average molecular weight is 273 g/mol. The van der Waals surface area contributed by atoms with E-state index in [0.717, 1.165) is 30.5 Å². The first-order valence-corrected chi connectivity index (χ1v) is 7.16. The minimum Gasteiger partial charge on any atom is -0.388 e. The molecule has 1 aromatic rings. The maximum Gasteiger partial charge on any atom is 0.132 e. The summed E-state index contributed by atoms with van der Waals surface area (Å²) in [5.74, 6) is 0.774. The van der Waals surface area contributed by atoms with E-state index in [1.165, 1.54) is 0 Å². The van der Waals surface area contributed by atoms with Crippen LogP contribution in [-0.4, -0.2) is 14.9 Å². The normalized spacial score (nSPS) is 15.1. The largest absolute Gasteiger partial charge is 0.388 e. The Hall–Kier alpha value is -0.540. The fourth-order valence-corrected chi connectivity index (χ4v) is 2.64. The van der Waals surface area contributed by atoms with Crippen LogP contribution in [0.4, 0.5) is 0 Å². The van der Waals surface area contributed by atoms with Crippen LogP contribution in [0, 0.1) is 5.92 Å². The molecule has 1 heterocycles. The van der Waals surface area contributed by atoms with Crippen molar-refractivity contribution in [3.63, 3.8) is 0 Å². The molecule has 2 atom stereocenters. The molecule has 0 aromatic carbocycles. The van der Waals surface area contributed by atoms with E-state index in [9.17, 15) is 5.11 Å². The van der Waals surface area contributed by atoms with Crippen LogP contribution in [0.3, 0.4) is 0 Å². The summed E-state index contributed by atoms with van der Waals surface area (Å²) in [6, 6.07) is 0. The third-order valence-electron chi connectivity index (χ3n) is 3.33. The molecule has 2 unspecified atom stereocenters. The van der Waals surface area contributed by atoms with Gasteiger partial charge in [0.2, 0.25) is 0 Å². The second-order valence-electron chi connectivity index (χ2n) is 5.51. The molecule has 0 fully saturated rings. The highest BCUT2D eigenvalue weighted by molar-refractivity contribution is 6.30. The van der Waals surface area contributed by atoms with Crippen molar-refractivity contribution in [3.05, 3.63) is 16.4 Å². The van der Waals surface area contributed by atoms with E-state index in [4.69, 9.17) is 11.6 Å². The van der Waals surface area contributed by atoms with Gasteiger partial charge in [-0.3, -0.25) is 4.68 Å². The number of hydrogen-bond donors (Lipinski definition) is 1. The van der Waals surface area contributed by atoms with Crippen LogP contribution in [0.5, 0.6) is 0 Å². The molecule has 0 aliphatic carbocycles.